The summed E-state index contributed by atoms with van der Waals surface area (Å²) in [5.41, 5.74) is -1.54. The zero-order chi connectivity index (χ0) is 9.35. The highest BCUT2D eigenvalue weighted by Gasteiger charge is 2.45. The Morgan fingerprint density at radius 2 is 2.17 bits per heavy atom. The molecule has 0 spiro atoms. The molecule has 3 nitrogen and oxygen atoms in total. The lowest BCUT2D eigenvalue weighted by Crippen LogP contribution is -2.63. The maximum absolute atomic E-state index is 13.1. The van der Waals surface area contributed by atoms with Crippen LogP contribution in [0.4, 0.5) is 4.39 Å². The number of aliphatic hydroxyl groups excluding tert-OH is 1. The molecule has 1 amide bonds. The monoisotopic (exact) mass is 175 g/mol. The molecule has 1 rings (SSSR count). The van der Waals surface area contributed by atoms with Crippen LogP contribution >= 0.6 is 0 Å². The second-order valence-corrected chi connectivity index (χ2v) is 3.66. The van der Waals surface area contributed by atoms with Crippen LogP contribution in [0.25, 0.3) is 0 Å². The van der Waals surface area contributed by atoms with Crippen molar-refractivity contribution in [3.63, 3.8) is 0 Å². The van der Waals surface area contributed by atoms with E-state index in [0.717, 1.165) is 0 Å². The third-order valence-electron chi connectivity index (χ3n) is 2.04. The zero-order valence-corrected chi connectivity index (χ0v) is 7.38. The van der Waals surface area contributed by atoms with Gasteiger partial charge in [0.05, 0.1) is 19.7 Å². The van der Waals surface area contributed by atoms with Gasteiger partial charge >= 0.3 is 0 Å². The SMILES string of the molecule is CC(C)C(=O)N1CC(F)(CO)C1. The molecule has 4 heteroatoms. The van der Waals surface area contributed by atoms with Crippen LogP contribution < -0.4 is 0 Å². The molecule has 1 N–H and O–H groups in total. The van der Waals surface area contributed by atoms with Gasteiger partial charge in [-0.15, -0.1) is 0 Å². The topological polar surface area (TPSA) is 40.5 Å². The van der Waals surface area contributed by atoms with Gasteiger partial charge in [0.15, 0.2) is 5.67 Å². The Labute approximate surface area is 71.2 Å². The number of nitrogens with zero attached hydrogens (tertiary/aromatic N) is 1. The number of aliphatic hydroxyl groups is 1. The Kier molecular flexibility index (Phi) is 2.37. The van der Waals surface area contributed by atoms with Crippen molar-refractivity contribution in [1.82, 2.24) is 4.90 Å². The largest absolute Gasteiger partial charge is 0.393 e. The molecule has 1 fully saturated rings. The van der Waals surface area contributed by atoms with Crippen LogP contribution in [0.2, 0.25) is 0 Å². The minimum absolute atomic E-state index is 0.0422. The van der Waals surface area contributed by atoms with Gasteiger partial charge in [-0.3, -0.25) is 4.79 Å². The zero-order valence-electron chi connectivity index (χ0n) is 7.38. The molecule has 1 heterocycles. The van der Waals surface area contributed by atoms with E-state index in [9.17, 15) is 9.18 Å². The van der Waals surface area contributed by atoms with E-state index in [1.807, 2.05) is 0 Å². The molecule has 1 aliphatic rings. The average Bonchev–Trinajstić information content (AvgIpc) is 1.97. The van der Waals surface area contributed by atoms with Crippen LogP contribution in [0.1, 0.15) is 13.8 Å². The van der Waals surface area contributed by atoms with Gasteiger partial charge in [-0.2, -0.15) is 0 Å². The molecule has 0 bridgehead atoms. The van der Waals surface area contributed by atoms with Crippen LogP contribution in [-0.2, 0) is 4.79 Å². The Morgan fingerprint density at radius 1 is 1.67 bits per heavy atom. The predicted octanol–water partition coefficient (Wildman–Crippen LogP) is 0.185. The fourth-order valence-electron chi connectivity index (χ4n) is 1.26. The molecular formula is C8H14FNO2. The van der Waals surface area contributed by atoms with Crippen molar-refractivity contribution in [1.29, 1.82) is 0 Å². The number of halogens is 1. The van der Waals surface area contributed by atoms with E-state index in [4.69, 9.17) is 5.11 Å². The van der Waals surface area contributed by atoms with Gasteiger partial charge in [-0.05, 0) is 0 Å². The predicted molar refractivity (Wildman–Crippen MR) is 42.3 cm³/mol. The number of hydrogen-bond donors (Lipinski definition) is 1. The molecule has 0 aromatic heterocycles. The number of rotatable bonds is 2. The minimum Gasteiger partial charge on any atom is -0.393 e. The van der Waals surface area contributed by atoms with Crippen LogP contribution in [0.3, 0.4) is 0 Å². The van der Waals surface area contributed by atoms with Crippen molar-refractivity contribution in [2.24, 2.45) is 5.92 Å². The maximum Gasteiger partial charge on any atom is 0.225 e. The van der Waals surface area contributed by atoms with E-state index >= 15 is 0 Å². The highest BCUT2D eigenvalue weighted by Crippen LogP contribution is 2.25. The summed E-state index contributed by atoms with van der Waals surface area (Å²) in [6, 6.07) is 0. The quantitative estimate of drug-likeness (QED) is 0.650. The summed E-state index contributed by atoms with van der Waals surface area (Å²) in [5.74, 6) is -0.134. The van der Waals surface area contributed by atoms with Crippen LogP contribution in [0.5, 0.6) is 0 Å². The van der Waals surface area contributed by atoms with Crippen molar-refractivity contribution >= 4 is 5.91 Å². The molecule has 0 unspecified atom stereocenters. The third-order valence-corrected chi connectivity index (χ3v) is 2.04. The first-order valence-corrected chi connectivity index (χ1v) is 4.07. The highest BCUT2D eigenvalue weighted by atomic mass is 19.1. The third kappa shape index (κ3) is 1.58. The van der Waals surface area contributed by atoms with Gasteiger partial charge in [0.1, 0.15) is 0 Å². The lowest BCUT2D eigenvalue weighted by Gasteiger charge is -2.44. The van der Waals surface area contributed by atoms with Gasteiger partial charge in [0, 0.05) is 5.92 Å². The van der Waals surface area contributed by atoms with Crippen molar-refractivity contribution in [3.05, 3.63) is 0 Å². The van der Waals surface area contributed by atoms with Gasteiger partial charge in [-0.25, -0.2) is 4.39 Å². The molecule has 0 radical (unpaired) electrons. The van der Waals surface area contributed by atoms with Gasteiger partial charge in [0.25, 0.3) is 0 Å². The first-order valence-electron chi connectivity index (χ1n) is 4.07. The average molecular weight is 175 g/mol. The van der Waals surface area contributed by atoms with E-state index in [1.165, 1.54) is 4.90 Å². The lowest BCUT2D eigenvalue weighted by molar-refractivity contribution is -0.152. The van der Waals surface area contributed by atoms with E-state index in [0.29, 0.717) is 0 Å². The van der Waals surface area contributed by atoms with E-state index < -0.39 is 12.3 Å². The summed E-state index contributed by atoms with van der Waals surface area (Å²) in [5, 5.41) is 8.57. The molecule has 12 heavy (non-hydrogen) atoms. The molecule has 0 saturated carbocycles. The molecule has 70 valence electrons. The summed E-state index contributed by atoms with van der Waals surface area (Å²) in [6.45, 7) is 3.15. The second kappa shape index (κ2) is 3.01. The molecule has 0 aromatic carbocycles. The highest BCUT2D eigenvalue weighted by molar-refractivity contribution is 5.79. The lowest BCUT2D eigenvalue weighted by atomic mass is 9.96. The minimum atomic E-state index is -1.54. The summed E-state index contributed by atoms with van der Waals surface area (Å²) in [4.78, 5) is 12.6. The standard InChI is InChI=1S/C8H14FNO2/c1-6(2)7(12)10-3-8(9,4-10)5-11/h6,11H,3-5H2,1-2H3. The summed E-state index contributed by atoms with van der Waals surface area (Å²) in [6.07, 6.45) is 0. The Balaban J connectivity index is 2.39. The number of amides is 1. The van der Waals surface area contributed by atoms with Gasteiger partial charge in [-0.1, -0.05) is 13.8 Å². The molecular weight excluding hydrogens is 161 g/mol. The Bertz CT molecular complexity index is 187. The summed E-state index contributed by atoms with van der Waals surface area (Å²) >= 11 is 0. The summed E-state index contributed by atoms with van der Waals surface area (Å²) in [7, 11) is 0. The first-order chi connectivity index (χ1) is 5.48. The molecule has 1 saturated heterocycles. The van der Waals surface area contributed by atoms with Gasteiger partial charge < -0.3 is 10.0 Å². The number of hydrogen-bond acceptors (Lipinski definition) is 2. The normalized spacial score (nSPS) is 20.9. The van der Waals surface area contributed by atoms with E-state index in [-0.39, 0.29) is 24.9 Å². The van der Waals surface area contributed by atoms with Crippen LogP contribution in [0, 0.1) is 5.92 Å². The van der Waals surface area contributed by atoms with Crippen LogP contribution in [0.15, 0.2) is 0 Å². The van der Waals surface area contributed by atoms with E-state index in [2.05, 4.69) is 0 Å². The first kappa shape index (κ1) is 9.45. The summed E-state index contributed by atoms with van der Waals surface area (Å²) < 4.78 is 13.1. The number of alkyl halides is 1. The van der Waals surface area contributed by atoms with Crippen LogP contribution in [-0.4, -0.2) is 41.3 Å². The molecule has 1 aliphatic heterocycles. The number of carbonyl (C=O) groups is 1. The number of likely N-dealkylation sites (tertiary alicyclic amines) is 1. The Morgan fingerprint density at radius 3 is 2.50 bits per heavy atom. The fourth-order valence-corrected chi connectivity index (χ4v) is 1.26. The van der Waals surface area contributed by atoms with E-state index in [1.54, 1.807) is 13.8 Å². The van der Waals surface area contributed by atoms with Gasteiger partial charge in [0.2, 0.25) is 5.91 Å². The van der Waals surface area contributed by atoms with Crippen molar-refractivity contribution in [2.75, 3.05) is 19.7 Å². The fraction of sp³-hybridized carbons (Fsp3) is 0.875. The molecule has 0 aromatic rings. The van der Waals surface area contributed by atoms with Crippen molar-refractivity contribution in [2.45, 2.75) is 19.5 Å². The molecule has 0 atom stereocenters. The molecule has 0 aliphatic carbocycles. The maximum atomic E-state index is 13.1. The second-order valence-electron chi connectivity index (χ2n) is 3.66. The number of carbonyl (C=O) groups excluding carboxylic acids is 1. The smallest absolute Gasteiger partial charge is 0.225 e. The Hall–Kier alpha value is -0.640. The van der Waals surface area contributed by atoms with Crippen molar-refractivity contribution in [3.8, 4) is 0 Å². The van der Waals surface area contributed by atoms with Crippen molar-refractivity contribution < 1.29 is 14.3 Å².